The van der Waals surface area contributed by atoms with Gasteiger partial charge < -0.3 is 4.42 Å². The lowest BCUT2D eigenvalue weighted by Gasteiger charge is -2.11. The number of hydrogen-bond acceptors (Lipinski definition) is 4. The molecule has 0 saturated heterocycles. The molecule has 10 rings (SSSR count). The van der Waals surface area contributed by atoms with Gasteiger partial charge in [0.15, 0.2) is 17.5 Å². The third-order valence-electron chi connectivity index (χ3n) is 10.2. The van der Waals surface area contributed by atoms with Gasteiger partial charge in [-0.3, -0.25) is 0 Å². The highest BCUT2D eigenvalue weighted by molar-refractivity contribution is 6.12. The minimum Gasteiger partial charge on any atom is -0.456 e. The Labute approximate surface area is 319 Å². The maximum Gasteiger partial charge on any atom is 0.164 e. The molecule has 0 N–H and O–H groups in total. The summed E-state index contributed by atoms with van der Waals surface area (Å²) in [6.45, 7) is 0. The first kappa shape index (κ1) is 32.2. The lowest BCUT2D eigenvalue weighted by Crippen LogP contribution is -2.00. The highest BCUT2D eigenvalue weighted by atomic mass is 16.3. The zero-order valence-corrected chi connectivity index (χ0v) is 29.8. The van der Waals surface area contributed by atoms with E-state index < -0.39 is 0 Å². The molecule has 0 radical (unpaired) electrons. The Kier molecular flexibility index (Phi) is 8.12. The van der Waals surface area contributed by atoms with E-state index in [9.17, 15) is 0 Å². The first-order chi connectivity index (χ1) is 27.2. The van der Waals surface area contributed by atoms with Crippen molar-refractivity contribution in [2.75, 3.05) is 0 Å². The summed E-state index contributed by atoms with van der Waals surface area (Å²) in [6.07, 6.45) is 0. The Bertz CT molecular complexity index is 2950. The monoisotopic (exact) mass is 703 g/mol. The molecule has 0 fully saturated rings. The third-order valence-corrected chi connectivity index (χ3v) is 10.2. The van der Waals surface area contributed by atoms with Gasteiger partial charge >= 0.3 is 0 Å². The molecule has 2 heterocycles. The van der Waals surface area contributed by atoms with Gasteiger partial charge in [0.05, 0.1) is 0 Å². The number of benzene rings is 8. The van der Waals surface area contributed by atoms with E-state index in [-0.39, 0.29) is 0 Å². The molecule has 0 bridgehead atoms. The van der Waals surface area contributed by atoms with Crippen LogP contribution in [0.15, 0.2) is 205 Å². The van der Waals surface area contributed by atoms with Crippen molar-refractivity contribution in [2.45, 2.75) is 0 Å². The van der Waals surface area contributed by atoms with Crippen molar-refractivity contribution in [3.8, 4) is 78.7 Å². The molecule has 0 aliphatic heterocycles. The fraction of sp³-hybridized carbons (Fsp3) is 0. The lowest BCUT2D eigenvalue weighted by atomic mass is 9.93. The second-order valence-corrected chi connectivity index (χ2v) is 13.6. The van der Waals surface area contributed by atoms with Gasteiger partial charge in [-0.15, -0.1) is 0 Å². The molecular formula is C51H33N3O. The van der Waals surface area contributed by atoms with Crippen LogP contribution in [0.1, 0.15) is 0 Å². The van der Waals surface area contributed by atoms with E-state index in [1.54, 1.807) is 0 Å². The topological polar surface area (TPSA) is 51.8 Å². The van der Waals surface area contributed by atoms with Crippen LogP contribution in [0, 0.1) is 0 Å². The molecule has 4 heteroatoms. The minimum atomic E-state index is 0.592. The van der Waals surface area contributed by atoms with Crippen LogP contribution in [0.5, 0.6) is 0 Å². The molecular weight excluding hydrogens is 671 g/mol. The summed E-state index contributed by atoms with van der Waals surface area (Å²) < 4.78 is 6.46. The quantitative estimate of drug-likeness (QED) is 0.166. The molecule has 0 atom stereocenters. The molecule has 4 nitrogen and oxygen atoms in total. The second-order valence-electron chi connectivity index (χ2n) is 13.6. The van der Waals surface area contributed by atoms with Crippen LogP contribution in [0.4, 0.5) is 0 Å². The zero-order valence-electron chi connectivity index (χ0n) is 29.8. The van der Waals surface area contributed by atoms with Crippen molar-refractivity contribution < 1.29 is 4.42 Å². The fourth-order valence-electron chi connectivity index (χ4n) is 7.45. The lowest BCUT2D eigenvalue weighted by molar-refractivity contribution is 0.669. The molecule has 8 aromatic carbocycles. The van der Waals surface area contributed by atoms with Crippen molar-refractivity contribution in [3.05, 3.63) is 200 Å². The van der Waals surface area contributed by atoms with Crippen LogP contribution in [0.2, 0.25) is 0 Å². The van der Waals surface area contributed by atoms with E-state index in [4.69, 9.17) is 19.4 Å². The van der Waals surface area contributed by atoms with Gasteiger partial charge in [-0.1, -0.05) is 176 Å². The van der Waals surface area contributed by atoms with Crippen LogP contribution in [0.3, 0.4) is 0 Å². The standard InChI is InChI=1S/C51H33N3O/c1-4-14-34(15-5-1)39-20-12-21-41(32-39)50-52-49(38-18-8-3-9-19-38)53-51(54-50)44-24-13-25-47-48(44)45-33-40(30-31-46(45)55-47)35-26-28-37(29-27-35)43-23-11-10-22-42(43)36-16-6-2-7-17-36/h1-33H. The maximum absolute atomic E-state index is 6.46. The smallest absolute Gasteiger partial charge is 0.164 e. The number of aromatic nitrogens is 3. The van der Waals surface area contributed by atoms with Gasteiger partial charge in [-0.2, -0.15) is 0 Å². The first-order valence-electron chi connectivity index (χ1n) is 18.4. The number of rotatable bonds is 7. The van der Waals surface area contributed by atoms with E-state index >= 15 is 0 Å². The van der Waals surface area contributed by atoms with Gasteiger partial charge in [0.1, 0.15) is 11.2 Å². The Morgan fingerprint density at radius 1 is 0.273 bits per heavy atom. The van der Waals surface area contributed by atoms with Crippen LogP contribution < -0.4 is 0 Å². The molecule has 2 aromatic heterocycles. The minimum absolute atomic E-state index is 0.592. The Morgan fingerprint density at radius 3 is 1.44 bits per heavy atom. The number of furan rings is 1. The molecule has 0 unspecified atom stereocenters. The van der Waals surface area contributed by atoms with Crippen molar-refractivity contribution in [2.24, 2.45) is 0 Å². The predicted octanol–water partition coefficient (Wildman–Crippen LogP) is 13.4. The second kappa shape index (κ2) is 13.8. The van der Waals surface area contributed by atoms with Gasteiger partial charge in [-0.05, 0) is 68.8 Å². The molecule has 258 valence electrons. The summed E-state index contributed by atoms with van der Waals surface area (Å²) in [5, 5.41) is 1.98. The van der Waals surface area contributed by atoms with Crippen molar-refractivity contribution >= 4 is 21.9 Å². The van der Waals surface area contributed by atoms with Gasteiger partial charge in [0.25, 0.3) is 0 Å². The van der Waals surface area contributed by atoms with Crippen molar-refractivity contribution in [3.63, 3.8) is 0 Å². The molecule has 0 amide bonds. The number of hydrogen-bond donors (Lipinski definition) is 0. The van der Waals surface area contributed by atoms with Crippen LogP contribution >= 0.6 is 0 Å². The van der Waals surface area contributed by atoms with E-state index in [0.717, 1.165) is 60.9 Å². The zero-order chi connectivity index (χ0) is 36.6. The van der Waals surface area contributed by atoms with E-state index in [1.807, 2.05) is 48.5 Å². The summed E-state index contributed by atoms with van der Waals surface area (Å²) >= 11 is 0. The van der Waals surface area contributed by atoms with Gasteiger partial charge in [-0.25, -0.2) is 15.0 Å². The van der Waals surface area contributed by atoms with Gasteiger partial charge in [0, 0.05) is 27.5 Å². The molecule has 0 spiro atoms. The summed E-state index contributed by atoms with van der Waals surface area (Å²) in [7, 11) is 0. The van der Waals surface area contributed by atoms with E-state index in [0.29, 0.717) is 17.5 Å². The molecule has 10 aromatic rings. The molecule has 55 heavy (non-hydrogen) atoms. The predicted molar refractivity (Wildman–Crippen MR) is 225 cm³/mol. The van der Waals surface area contributed by atoms with E-state index in [1.165, 1.54) is 22.3 Å². The Hall–Kier alpha value is -7.43. The summed E-state index contributed by atoms with van der Waals surface area (Å²) in [4.78, 5) is 15.3. The Balaban J connectivity index is 1.08. The van der Waals surface area contributed by atoms with Crippen molar-refractivity contribution in [1.82, 2.24) is 15.0 Å². The average molecular weight is 704 g/mol. The molecule has 0 aliphatic carbocycles. The largest absolute Gasteiger partial charge is 0.456 e. The third kappa shape index (κ3) is 6.16. The van der Waals surface area contributed by atoms with Crippen LogP contribution in [-0.4, -0.2) is 15.0 Å². The SMILES string of the molecule is c1ccc(-c2cccc(-c3nc(-c4ccccc4)nc(-c4cccc5oc6ccc(-c7ccc(-c8ccccc8-c8ccccc8)cc7)cc6c45)n3)c2)cc1. The normalized spacial score (nSPS) is 11.3. The maximum atomic E-state index is 6.46. The highest BCUT2D eigenvalue weighted by Crippen LogP contribution is 2.39. The highest BCUT2D eigenvalue weighted by Gasteiger charge is 2.19. The van der Waals surface area contributed by atoms with Gasteiger partial charge in [0.2, 0.25) is 0 Å². The molecule has 0 saturated carbocycles. The van der Waals surface area contributed by atoms with Crippen LogP contribution in [-0.2, 0) is 0 Å². The van der Waals surface area contributed by atoms with Crippen LogP contribution in [0.25, 0.3) is 101 Å². The number of nitrogens with zero attached hydrogens (tertiary/aromatic N) is 3. The van der Waals surface area contributed by atoms with E-state index in [2.05, 4.69) is 152 Å². The summed E-state index contributed by atoms with van der Waals surface area (Å²) in [5.41, 5.74) is 13.6. The molecule has 0 aliphatic rings. The number of fused-ring (bicyclic) bond motifs is 3. The Morgan fingerprint density at radius 2 is 0.727 bits per heavy atom. The summed E-state index contributed by atoms with van der Waals surface area (Å²) in [5.74, 6) is 1.82. The van der Waals surface area contributed by atoms with Crippen molar-refractivity contribution in [1.29, 1.82) is 0 Å². The fourth-order valence-corrected chi connectivity index (χ4v) is 7.45. The average Bonchev–Trinajstić information content (AvgIpc) is 3.66. The summed E-state index contributed by atoms with van der Waals surface area (Å²) in [6, 6.07) is 69.3. The first-order valence-corrected chi connectivity index (χ1v) is 18.4.